The van der Waals surface area contributed by atoms with Crippen LogP contribution in [-0.2, 0) is 4.79 Å². The maximum absolute atomic E-state index is 12.0. The number of thioether (sulfide) groups is 1. The zero-order valence-electron chi connectivity index (χ0n) is 10.0. The maximum Gasteiger partial charge on any atom is 0.405 e. The van der Waals surface area contributed by atoms with Crippen LogP contribution in [0.2, 0.25) is 0 Å². The first kappa shape index (κ1) is 14.6. The summed E-state index contributed by atoms with van der Waals surface area (Å²) < 4.78 is 36.5. The molecule has 1 aliphatic rings. The summed E-state index contributed by atoms with van der Waals surface area (Å²) in [4.78, 5) is 11.5. The normalized spacial score (nSPS) is 17.3. The number of amides is 1. The van der Waals surface area contributed by atoms with Gasteiger partial charge in [-0.1, -0.05) is 23.1 Å². The minimum absolute atomic E-state index is 0.487. The molecule has 0 aliphatic heterocycles. The van der Waals surface area contributed by atoms with Crippen molar-refractivity contribution in [2.45, 2.75) is 41.4 Å². The predicted octanol–water partition coefficient (Wildman–Crippen LogP) is 2.57. The second-order valence-corrected chi connectivity index (χ2v) is 6.87. The van der Waals surface area contributed by atoms with Gasteiger partial charge in [0.15, 0.2) is 4.34 Å². The second kappa shape index (κ2) is 5.66. The first-order valence-electron chi connectivity index (χ1n) is 5.69. The Balaban J connectivity index is 1.81. The van der Waals surface area contributed by atoms with Crippen molar-refractivity contribution in [3.05, 3.63) is 5.01 Å². The average Bonchev–Trinajstić information content (AvgIpc) is 3.06. The molecule has 4 nitrogen and oxygen atoms in total. The SMILES string of the molecule is C[C@@H](Sc1nnc(C2CC2)s1)C(=O)NCC(F)(F)F. The summed E-state index contributed by atoms with van der Waals surface area (Å²) in [6.07, 6.45) is -2.16. The number of alkyl halides is 3. The molecule has 1 atom stereocenters. The zero-order chi connectivity index (χ0) is 14.0. The fourth-order valence-corrected chi connectivity index (χ4v) is 3.51. The lowest BCUT2D eigenvalue weighted by Gasteiger charge is -2.11. The lowest BCUT2D eigenvalue weighted by Crippen LogP contribution is -2.37. The van der Waals surface area contributed by atoms with Gasteiger partial charge in [-0.25, -0.2) is 0 Å². The van der Waals surface area contributed by atoms with Gasteiger partial charge >= 0.3 is 6.18 Å². The van der Waals surface area contributed by atoms with E-state index in [1.807, 2.05) is 5.32 Å². The zero-order valence-corrected chi connectivity index (χ0v) is 11.7. The standard InChI is InChI=1S/C10H12F3N3OS2/c1-5(7(17)14-4-10(11,12)13)18-9-16-15-8(19-9)6-2-3-6/h5-6H,2-4H2,1H3,(H,14,17)/t5-/m1/s1. The first-order chi connectivity index (χ1) is 8.85. The molecule has 0 saturated heterocycles. The van der Waals surface area contributed by atoms with Crippen LogP contribution in [-0.4, -0.2) is 34.1 Å². The number of carbonyl (C=O) groups is 1. The van der Waals surface area contributed by atoms with E-state index in [9.17, 15) is 18.0 Å². The third-order valence-electron chi connectivity index (χ3n) is 2.46. The molecular formula is C10H12F3N3OS2. The highest BCUT2D eigenvalue weighted by Gasteiger charge is 2.30. The Morgan fingerprint density at radius 1 is 1.53 bits per heavy atom. The Hall–Kier alpha value is -0.830. The van der Waals surface area contributed by atoms with Gasteiger partial charge in [0.1, 0.15) is 11.6 Å². The van der Waals surface area contributed by atoms with Gasteiger partial charge in [-0.15, -0.1) is 10.2 Å². The Morgan fingerprint density at radius 2 is 2.21 bits per heavy atom. The largest absolute Gasteiger partial charge is 0.405 e. The van der Waals surface area contributed by atoms with Crippen molar-refractivity contribution in [2.24, 2.45) is 0 Å². The number of rotatable bonds is 5. The minimum atomic E-state index is -4.39. The molecule has 0 bridgehead atoms. The molecule has 1 amide bonds. The van der Waals surface area contributed by atoms with Crippen molar-refractivity contribution >= 4 is 29.0 Å². The van der Waals surface area contributed by atoms with Crippen molar-refractivity contribution in [1.29, 1.82) is 0 Å². The number of carbonyl (C=O) groups excluding carboxylic acids is 1. The van der Waals surface area contributed by atoms with E-state index in [1.165, 1.54) is 11.3 Å². The first-order valence-corrected chi connectivity index (χ1v) is 7.39. The molecule has 9 heteroatoms. The smallest absolute Gasteiger partial charge is 0.346 e. The third kappa shape index (κ3) is 4.64. The van der Waals surface area contributed by atoms with Crippen molar-refractivity contribution < 1.29 is 18.0 Å². The second-order valence-electron chi connectivity index (χ2n) is 4.27. The highest BCUT2D eigenvalue weighted by atomic mass is 32.2. The summed E-state index contributed by atoms with van der Waals surface area (Å²) in [6, 6.07) is 0. The van der Waals surface area contributed by atoms with Crippen LogP contribution < -0.4 is 5.32 Å². The molecule has 2 rings (SSSR count). The molecule has 1 fully saturated rings. The lowest BCUT2D eigenvalue weighted by molar-refractivity contribution is -0.137. The fourth-order valence-electron chi connectivity index (χ4n) is 1.30. The van der Waals surface area contributed by atoms with Gasteiger partial charge in [-0.3, -0.25) is 4.79 Å². The van der Waals surface area contributed by atoms with E-state index in [0.29, 0.717) is 10.3 Å². The lowest BCUT2D eigenvalue weighted by atomic mass is 10.4. The monoisotopic (exact) mass is 311 g/mol. The van der Waals surface area contributed by atoms with Gasteiger partial charge in [0.2, 0.25) is 5.91 Å². The topological polar surface area (TPSA) is 54.9 Å². The Labute approximate surface area is 116 Å². The average molecular weight is 311 g/mol. The van der Waals surface area contributed by atoms with E-state index in [2.05, 4.69) is 10.2 Å². The molecule has 0 aromatic carbocycles. The van der Waals surface area contributed by atoms with E-state index >= 15 is 0 Å². The van der Waals surface area contributed by atoms with E-state index in [1.54, 1.807) is 6.92 Å². The molecule has 1 N–H and O–H groups in total. The molecule has 1 heterocycles. The summed E-state index contributed by atoms with van der Waals surface area (Å²) in [6.45, 7) is 0.245. The molecular weight excluding hydrogens is 299 g/mol. The van der Waals surface area contributed by atoms with Crippen LogP contribution in [0.15, 0.2) is 4.34 Å². The highest BCUT2D eigenvalue weighted by molar-refractivity contribution is 8.02. The van der Waals surface area contributed by atoms with E-state index < -0.39 is 23.9 Å². The van der Waals surface area contributed by atoms with Crippen molar-refractivity contribution in [3.63, 3.8) is 0 Å². The Morgan fingerprint density at radius 3 is 2.79 bits per heavy atom. The number of nitrogens with one attached hydrogen (secondary N) is 1. The van der Waals surface area contributed by atoms with Gasteiger partial charge in [0.05, 0.1) is 5.25 Å². The van der Waals surface area contributed by atoms with Crippen LogP contribution in [0.5, 0.6) is 0 Å². The van der Waals surface area contributed by atoms with Crippen LogP contribution >= 0.6 is 23.1 Å². The molecule has 0 radical (unpaired) electrons. The third-order valence-corrected chi connectivity index (χ3v) is 4.73. The van der Waals surface area contributed by atoms with Gasteiger partial charge in [0, 0.05) is 5.92 Å². The van der Waals surface area contributed by atoms with E-state index in [-0.39, 0.29) is 0 Å². The Kier molecular flexibility index (Phi) is 4.34. The highest BCUT2D eigenvalue weighted by Crippen LogP contribution is 2.42. The molecule has 106 valence electrons. The fraction of sp³-hybridized carbons (Fsp3) is 0.700. The van der Waals surface area contributed by atoms with Crippen LogP contribution in [0.1, 0.15) is 30.7 Å². The quantitative estimate of drug-likeness (QED) is 0.849. The van der Waals surface area contributed by atoms with Crippen LogP contribution in [0.4, 0.5) is 13.2 Å². The summed E-state index contributed by atoms with van der Waals surface area (Å²) in [7, 11) is 0. The molecule has 1 aromatic rings. The van der Waals surface area contributed by atoms with Gasteiger partial charge in [-0.05, 0) is 19.8 Å². The summed E-state index contributed by atoms with van der Waals surface area (Å²) in [5.41, 5.74) is 0. The molecule has 1 aromatic heterocycles. The van der Waals surface area contributed by atoms with Gasteiger partial charge < -0.3 is 5.32 Å². The van der Waals surface area contributed by atoms with Crippen molar-refractivity contribution in [2.75, 3.05) is 6.54 Å². The summed E-state index contributed by atoms with van der Waals surface area (Å²) >= 11 is 2.55. The van der Waals surface area contributed by atoms with Crippen molar-refractivity contribution in [3.8, 4) is 0 Å². The molecule has 1 aliphatic carbocycles. The van der Waals surface area contributed by atoms with Crippen LogP contribution in [0.3, 0.4) is 0 Å². The van der Waals surface area contributed by atoms with Crippen molar-refractivity contribution in [1.82, 2.24) is 15.5 Å². The van der Waals surface area contributed by atoms with E-state index in [4.69, 9.17) is 0 Å². The predicted molar refractivity (Wildman–Crippen MR) is 66.3 cm³/mol. The van der Waals surface area contributed by atoms with Crippen LogP contribution in [0.25, 0.3) is 0 Å². The molecule has 1 saturated carbocycles. The van der Waals surface area contributed by atoms with Gasteiger partial charge in [-0.2, -0.15) is 13.2 Å². The summed E-state index contributed by atoms with van der Waals surface area (Å²) in [5, 5.41) is 10.1. The summed E-state index contributed by atoms with van der Waals surface area (Å²) in [5.74, 6) is -0.160. The minimum Gasteiger partial charge on any atom is -0.346 e. The van der Waals surface area contributed by atoms with Crippen LogP contribution in [0, 0.1) is 0 Å². The number of hydrogen-bond donors (Lipinski definition) is 1. The number of nitrogens with zero attached hydrogens (tertiary/aromatic N) is 2. The van der Waals surface area contributed by atoms with Gasteiger partial charge in [0.25, 0.3) is 0 Å². The maximum atomic E-state index is 12.0. The molecule has 0 unspecified atom stereocenters. The van der Waals surface area contributed by atoms with E-state index in [0.717, 1.165) is 29.6 Å². The molecule has 0 spiro atoms. The number of hydrogen-bond acceptors (Lipinski definition) is 5. The number of aromatic nitrogens is 2. The molecule has 19 heavy (non-hydrogen) atoms. The Bertz CT molecular complexity index is 459. The number of halogens is 3.